The molecule has 0 radical (unpaired) electrons. The van der Waals surface area contributed by atoms with E-state index in [1.54, 1.807) is 6.21 Å². The summed E-state index contributed by atoms with van der Waals surface area (Å²) in [4.78, 5) is 83.2. The van der Waals surface area contributed by atoms with Crippen molar-refractivity contribution in [2.45, 2.75) is 122 Å². The first kappa shape index (κ1) is 44.4. The van der Waals surface area contributed by atoms with Gasteiger partial charge in [0.1, 0.15) is 36.6 Å². The predicted molar refractivity (Wildman–Crippen MR) is 199 cm³/mol. The summed E-state index contributed by atoms with van der Waals surface area (Å²) < 4.78 is 1.85. The van der Waals surface area contributed by atoms with Crippen molar-refractivity contribution in [2.75, 3.05) is 31.1 Å². The number of primary amides is 1. The molecule has 298 valence electrons. The third kappa shape index (κ3) is 15.8. The molecule has 1 aliphatic heterocycles. The van der Waals surface area contributed by atoms with E-state index >= 15 is 0 Å². The standard InChI is InChI=1S/C35H60N10O8/c1-22(2)20-29(34(52)40-26(31(37)49)14-15-30(47)48)42-33(51)28(12-7-8-16-36)41-32(50)27(39-24(4)46)13-11-19-53-38-21-25-23(3)43-44(5)35(25)45-17-9-6-10-18-45/h21-22,26-29H,6-20,36H2,1-5H3,(H2,37,49)(H,39,46)(H,40,52)(H,41,50)(H,42,51)(H,47,48)/b38-21+/t26-,27-,28-,29-/m0/s1. The SMILES string of the molecule is CC(=O)N[C@@H](CCCO/N=C/c1c(C)nn(C)c1N1CCCCC1)C(=O)N[C@@H](CCCCN)C(=O)N[C@@H](CC(C)C)C(=O)N[C@@H](CCC(=O)O)C(N)=O. The maximum Gasteiger partial charge on any atom is 0.303 e. The van der Waals surface area contributed by atoms with E-state index in [1.807, 2.05) is 32.5 Å². The van der Waals surface area contributed by atoms with Crippen LogP contribution in [-0.2, 0) is 40.7 Å². The molecule has 1 aromatic rings. The van der Waals surface area contributed by atoms with Crippen LogP contribution in [0.25, 0.3) is 0 Å². The first-order valence-electron chi connectivity index (χ1n) is 18.5. The maximum atomic E-state index is 13.6. The third-order valence-electron chi connectivity index (χ3n) is 8.80. The minimum absolute atomic E-state index is 0.0665. The molecule has 0 aromatic carbocycles. The Morgan fingerprint density at radius 2 is 1.47 bits per heavy atom. The number of nitrogens with two attached hydrogens (primary N) is 2. The van der Waals surface area contributed by atoms with Gasteiger partial charge in [0.15, 0.2) is 0 Å². The zero-order valence-corrected chi connectivity index (χ0v) is 31.8. The van der Waals surface area contributed by atoms with Gasteiger partial charge < -0.3 is 47.6 Å². The quantitative estimate of drug-likeness (QED) is 0.0430. The summed E-state index contributed by atoms with van der Waals surface area (Å²) in [5.41, 5.74) is 12.8. The van der Waals surface area contributed by atoms with Crippen LogP contribution < -0.4 is 37.6 Å². The first-order chi connectivity index (χ1) is 25.1. The van der Waals surface area contributed by atoms with Crippen LogP contribution in [0, 0.1) is 12.8 Å². The molecule has 53 heavy (non-hydrogen) atoms. The highest BCUT2D eigenvalue weighted by atomic mass is 16.6. The molecule has 0 spiro atoms. The predicted octanol–water partition coefficient (Wildman–Crippen LogP) is 0.334. The van der Waals surface area contributed by atoms with Crippen LogP contribution >= 0.6 is 0 Å². The Balaban J connectivity index is 2.09. The number of carbonyl (C=O) groups excluding carboxylic acids is 5. The number of unbranched alkanes of at least 4 members (excludes halogenated alkanes) is 1. The van der Waals surface area contributed by atoms with Crippen molar-refractivity contribution in [1.82, 2.24) is 31.0 Å². The molecule has 0 saturated carbocycles. The third-order valence-corrected chi connectivity index (χ3v) is 8.80. The second-order valence-electron chi connectivity index (χ2n) is 13.9. The molecule has 0 bridgehead atoms. The average Bonchev–Trinajstić information content (AvgIpc) is 3.38. The summed E-state index contributed by atoms with van der Waals surface area (Å²) >= 11 is 0. The smallest absolute Gasteiger partial charge is 0.303 e. The summed E-state index contributed by atoms with van der Waals surface area (Å²) in [5, 5.41) is 28.2. The summed E-state index contributed by atoms with van der Waals surface area (Å²) in [7, 11) is 1.91. The fourth-order valence-electron chi connectivity index (χ4n) is 6.14. The molecule has 0 aliphatic carbocycles. The van der Waals surface area contributed by atoms with Gasteiger partial charge in [0.25, 0.3) is 0 Å². The number of carbonyl (C=O) groups is 6. The normalized spacial score (nSPS) is 15.3. The second kappa shape index (κ2) is 23.0. The number of oxime groups is 1. The van der Waals surface area contributed by atoms with Crippen molar-refractivity contribution in [3.05, 3.63) is 11.3 Å². The summed E-state index contributed by atoms with van der Waals surface area (Å²) in [6.07, 6.45) is 6.45. The molecule has 18 nitrogen and oxygen atoms in total. The van der Waals surface area contributed by atoms with Crippen LogP contribution in [-0.4, -0.2) is 107 Å². The number of aliphatic carboxylic acids is 1. The van der Waals surface area contributed by atoms with Gasteiger partial charge in [0.2, 0.25) is 29.5 Å². The fourth-order valence-corrected chi connectivity index (χ4v) is 6.14. The van der Waals surface area contributed by atoms with Crippen molar-refractivity contribution in [2.24, 2.45) is 29.6 Å². The van der Waals surface area contributed by atoms with Gasteiger partial charge in [0, 0.05) is 33.5 Å². The highest BCUT2D eigenvalue weighted by molar-refractivity contribution is 5.95. The molecule has 2 rings (SSSR count). The Morgan fingerprint density at radius 3 is 2.06 bits per heavy atom. The number of amides is 5. The highest BCUT2D eigenvalue weighted by Gasteiger charge is 2.31. The number of rotatable bonds is 24. The number of aryl methyl sites for hydroxylation is 2. The average molecular weight is 749 g/mol. The number of nitrogens with zero attached hydrogens (tertiary/aromatic N) is 4. The lowest BCUT2D eigenvalue weighted by Gasteiger charge is -2.29. The van der Waals surface area contributed by atoms with Gasteiger partial charge in [-0.2, -0.15) is 5.10 Å². The van der Waals surface area contributed by atoms with Crippen LogP contribution in [0.1, 0.15) is 103 Å². The van der Waals surface area contributed by atoms with Crippen molar-refractivity contribution >= 4 is 47.5 Å². The van der Waals surface area contributed by atoms with Gasteiger partial charge in [-0.05, 0) is 83.6 Å². The van der Waals surface area contributed by atoms with Crippen LogP contribution in [0.4, 0.5) is 5.82 Å². The number of nitrogens with one attached hydrogen (secondary N) is 4. The van der Waals surface area contributed by atoms with Crippen LogP contribution in [0.3, 0.4) is 0 Å². The van der Waals surface area contributed by atoms with Crippen molar-refractivity contribution in [3.63, 3.8) is 0 Å². The van der Waals surface area contributed by atoms with E-state index in [-0.39, 0.29) is 38.2 Å². The second-order valence-corrected chi connectivity index (χ2v) is 13.9. The zero-order chi connectivity index (χ0) is 39.5. The summed E-state index contributed by atoms with van der Waals surface area (Å²) in [5.74, 6) is -3.54. The van der Waals surface area contributed by atoms with E-state index in [4.69, 9.17) is 21.4 Å². The molecular formula is C35H60N10O8. The number of carboxylic acids is 1. The van der Waals surface area contributed by atoms with Crippen molar-refractivity contribution in [3.8, 4) is 0 Å². The van der Waals surface area contributed by atoms with Gasteiger partial charge in [-0.3, -0.25) is 33.4 Å². The monoisotopic (exact) mass is 748 g/mol. The van der Waals surface area contributed by atoms with E-state index in [2.05, 4.69) is 36.4 Å². The molecule has 1 saturated heterocycles. The van der Waals surface area contributed by atoms with Crippen LogP contribution in [0.15, 0.2) is 5.16 Å². The van der Waals surface area contributed by atoms with E-state index in [0.717, 1.165) is 43.0 Å². The summed E-state index contributed by atoms with van der Waals surface area (Å²) in [6, 6.07) is -4.44. The van der Waals surface area contributed by atoms with Gasteiger partial charge in [-0.25, -0.2) is 0 Å². The molecule has 1 aromatic heterocycles. The van der Waals surface area contributed by atoms with Gasteiger partial charge in [-0.15, -0.1) is 0 Å². The minimum atomic E-state index is -1.25. The van der Waals surface area contributed by atoms with Gasteiger partial charge >= 0.3 is 5.97 Å². The molecule has 18 heteroatoms. The number of hydrogen-bond acceptors (Lipinski definition) is 11. The van der Waals surface area contributed by atoms with Crippen molar-refractivity contribution in [1.29, 1.82) is 0 Å². The zero-order valence-electron chi connectivity index (χ0n) is 31.8. The molecule has 4 atom stereocenters. The number of aromatic nitrogens is 2. The Bertz CT molecular complexity index is 1410. The molecule has 5 amide bonds. The molecule has 9 N–H and O–H groups in total. The van der Waals surface area contributed by atoms with Gasteiger partial charge in [-0.1, -0.05) is 19.0 Å². The van der Waals surface area contributed by atoms with E-state index < -0.39 is 66.1 Å². The lowest BCUT2D eigenvalue weighted by Crippen LogP contribution is -2.58. The summed E-state index contributed by atoms with van der Waals surface area (Å²) in [6.45, 7) is 9.29. The highest BCUT2D eigenvalue weighted by Crippen LogP contribution is 2.25. The number of piperidine rings is 1. The largest absolute Gasteiger partial charge is 0.481 e. The number of hydrogen-bond donors (Lipinski definition) is 7. The van der Waals surface area contributed by atoms with E-state index in [9.17, 15) is 28.8 Å². The Kier molecular flexibility index (Phi) is 19.3. The Hall–Kier alpha value is -4.74. The van der Waals surface area contributed by atoms with E-state index in [1.165, 1.54) is 13.3 Å². The molecule has 1 fully saturated rings. The van der Waals surface area contributed by atoms with Crippen molar-refractivity contribution < 1.29 is 38.7 Å². The lowest BCUT2D eigenvalue weighted by atomic mass is 10.0. The Morgan fingerprint density at radius 1 is 0.887 bits per heavy atom. The molecule has 2 heterocycles. The van der Waals surface area contributed by atoms with Crippen LogP contribution in [0.5, 0.6) is 0 Å². The molecular weight excluding hydrogens is 688 g/mol. The Labute approximate surface area is 311 Å². The number of carboxylic acid groups (broad SMARTS) is 1. The maximum absolute atomic E-state index is 13.6. The first-order valence-corrected chi connectivity index (χ1v) is 18.5. The molecule has 1 aliphatic rings. The van der Waals surface area contributed by atoms with Crippen LogP contribution in [0.2, 0.25) is 0 Å². The minimum Gasteiger partial charge on any atom is -0.481 e. The number of anilines is 1. The topological polar surface area (TPSA) is 265 Å². The van der Waals surface area contributed by atoms with Gasteiger partial charge in [0.05, 0.1) is 17.5 Å². The molecule has 0 unspecified atom stereocenters. The lowest BCUT2D eigenvalue weighted by molar-refractivity contribution is -0.138. The van der Waals surface area contributed by atoms with E-state index in [0.29, 0.717) is 25.8 Å². The fraction of sp³-hybridized carbons (Fsp3) is 0.714.